The van der Waals surface area contributed by atoms with Crippen molar-refractivity contribution >= 4 is 52.2 Å². The van der Waals surface area contributed by atoms with E-state index in [2.05, 4.69) is 46.9 Å². The molecule has 1 aliphatic carbocycles. The lowest BCUT2D eigenvalue weighted by Crippen LogP contribution is -2.61. The molecular weight excluding hydrogens is 536 g/mol. The summed E-state index contributed by atoms with van der Waals surface area (Å²) in [7, 11) is 3.09. The highest BCUT2D eigenvalue weighted by atomic mass is 35.5. The summed E-state index contributed by atoms with van der Waals surface area (Å²) in [6.07, 6.45) is 5.37. The van der Waals surface area contributed by atoms with Crippen molar-refractivity contribution in [1.29, 1.82) is 5.26 Å². The number of rotatable bonds is 8. The maximum Gasteiger partial charge on any atom is 0.411 e. The number of aromatic nitrogens is 4. The first-order valence-electron chi connectivity index (χ1n) is 13.4. The van der Waals surface area contributed by atoms with Crippen LogP contribution in [0.4, 0.5) is 33.6 Å². The molecule has 4 heterocycles. The minimum absolute atomic E-state index is 0.232. The average molecular weight is 567 g/mol. The molecule has 1 saturated carbocycles. The van der Waals surface area contributed by atoms with Gasteiger partial charge in [-0.2, -0.15) is 14.8 Å². The smallest absolute Gasteiger partial charge is 0.411 e. The highest BCUT2D eigenvalue weighted by Gasteiger charge is 2.35. The van der Waals surface area contributed by atoms with Crippen LogP contribution in [0.3, 0.4) is 0 Å². The van der Waals surface area contributed by atoms with Gasteiger partial charge in [-0.05, 0) is 37.8 Å². The van der Waals surface area contributed by atoms with Gasteiger partial charge in [0.05, 0.1) is 35.8 Å². The van der Waals surface area contributed by atoms with Crippen molar-refractivity contribution < 1.29 is 14.3 Å². The van der Waals surface area contributed by atoms with E-state index in [-0.39, 0.29) is 11.6 Å². The Kier molecular flexibility index (Phi) is 7.22. The molecule has 2 aromatic heterocycles. The fraction of sp³-hybridized carbons (Fsp3) is 0.500. The van der Waals surface area contributed by atoms with E-state index >= 15 is 0 Å². The van der Waals surface area contributed by atoms with Gasteiger partial charge in [0, 0.05) is 51.1 Å². The van der Waals surface area contributed by atoms with E-state index in [1.165, 1.54) is 17.8 Å². The lowest BCUT2D eigenvalue weighted by Gasteiger charge is -2.48. The summed E-state index contributed by atoms with van der Waals surface area (Å²) < 4.78 is 11.8. The number of benzene rings is 1. The van der Waals surface area contributed by atoms with E-state index in [0.717, 1.165) is 57.5 Å². The van der Waals surface area contributed by atoms with E-state index in [1.54, 1.807) is 13.2 Å². The van der Waals surface area contributed by atoms with Crippen LogP contribution in [0, 0.1) is 11.3 Å². The van der Waals surface area contributed by atoms with Gasteiger partial charge < -0.3 is 25.0 Å². The number of amides is 1. The fourth-order valence-electron chi connectivity index (χ4n) is 5.18. The standard InChI is InChI=1S/C26H31ClN10O3/c1-39-19-5-7-35(8-6-19)18-13-36(14-18)21-10-16(31-26(38)40-2)9-20(22(21)27)32-25-33-23(30-15-3-4-15)24-29-12-17(11-28)37(24)34-25/h9-10,12,15,18-19H,3-8,13-14H2,1-2H3,(H,31,38)(H2,30,32,33,34). The minimum atomic E-state index is -0.590. The monoisotopic (exact) mass is 566 g/mol. The van der Waals surface area contributed by atoms with Gasteiger partial charge in [-0.1, -0.05) is 11.6 Å². The summed E-state index contributed by atoms with van der Waals surface area (Å²) in [4.78, 5) is 25.7. The normalized spacial score (nSPS) is 18.3. The van der Waals surface area contributed by atoms with Gasteiger partial charge in [-0.3, -0.25) is 10.2 Å². The van der Waals surface area contributed by atoms with Crippen molar-refractivity contribution in [1.82, 2.24) is 24.5 Å². The molecule has 1 aromatic carbocycles. The Labute approximate surface area is 236 Å². The number of carbonyl (C=O) groups excluding carboxylic acids is 1. The Bertz CT molecular complexity index is 1460. The lowest BCUT2D eigenvalue weighted by atomic mass is 10.00. The lowest BCUT2D eigenvalue weighted by molar-refractivity contribution is 0.0226. The summed E-state index contributed by atoms with van der Waals surface area (Å²) in [5.74, 6) is 0.764. The number of anilines is 5. The molecule has 3 N–H and O–H groups in total. The van der Waals surface area contributed by atoms with Crippen molar-refractivity contribution in [3.05, 3.63) is 29.0 Å². The molecule has 2 aliphatic heterocycles. The third-order valence-corrected chi connectivity index (χ3v) is 8.05. The third-order valence-electron chi connectivity index (χ3n) is 7.66. The number of fused-ring (bicyclic) bond motifs is 1. The molecule has 1 amide bonds. The van der Waals surface area contributed by atoms with Crippen LogP contribution in [-0.2, 0) is 9.47 Å². The van der Waals surface area contributed by atoms with Crippen LogP contribution in [0.25, 0.3) is 5.65 Å². The van der Waals surface area contributed by atoms with E-state index in [0.29, 0.717) is 46.1 Å². The molecule has 0 unspecified atom stereocenters. The van der Waals surface area contributed by atoms with E-state index in [1.807, 2.05) is 6.07 Å². The maximum atomic E-state index is 12.1. The molecule has 0 bridgehead atoms. The van der Waals surface area contributed by atoms with Gasteiger partial charge in [0.25, 0.3) is 0 Å². The van der Waals surface area contributed by atoms with Gasteiger partial charge in [-0.25, -0.2) is 9.78 Å². The number of imidazole rings is 1. The minimum Gasteiger partial charge on any atom is -0.453 e. The summed E-state index contributed by atoms with van der Waals surface area (Å²) in [5, 5.41) is 23.8. The van der Waals surface area contributed by atoms with Crippen LogP contribution < -0.4 is 20.9 Å². The molecule has 0 radical (unpaired) electrons. The Hall–Kier alpha value is -3.86. The number of nitrogens with one attached hydrogen (secondary N) is 3. The summed E-state index contributed by atoms with van der Waals surface area (Å²) in [6, 6.07) is 6.40. The predicted molar refractivity (Wildman–Crippen MR) is 151 cm³/mol. The number of hydrogen-bond donors (Lipinski definition) is 3. The molecule has 40 heavy (non-hydrogen) atoms. The van der Waals surface area contributed by atoms with Crippen molar-refractivity contribution in [3.8, 4) is 6.07 Å². The van der Waals surface area contributed by atoms with Crippen LogP contribution in [0.15, 0.2) is 18.3 Å². The van der Waals surface area contributed by atoms with E-state index < -0.39 is 6.09 Å². The Balaban J connectivity index is 1.28. The zero-order chi connectivity index (χ0) is 27.8. The molecule has 13 nitrogen and oxygen atoms in total. The number of halogens is 1. The number of hydrogen-bond acceptors (Lipinski definition) is 11. The molecule has 3 aromatic rings. The summed E-state index contributed by atoms with van der Waals surface area (Å²) in [6.45, 7) is 3.66. The molecule has 3 fully saturated rings. The van der Waals surface area contributed by atoms with Gasteiger partial charge >= 0.3 is 6.09 Å². The third kappa shape index (κ3) is 5.30. The van der Waals surface area contributed by atoms with Crippen molar-refractivity contribution in [2.75, 3.05) is 61.2 Å². The Morgan fingerprint density at radius 1 is 1.18 bits per heavy atom. The summed E-state index contributed by atoms with van der Waals surface area (Å²) >= 11 is 6.95. The average Bonchev–Trinajstić information content (AvgIpc) is 3.66. The summed E-state index contributed by atoms with van der Waals surface area (Å²) in [5.41, 5.74) is 2.55. The molecule has 14 heteroatoms. The number of nitrogens with zero attached hydrogens (tertiary/aromatic N) is 7. The van der Waals surface area contributed by atoms with E-state index in [9.17, 15) is 10.1 Å². The predicted octanol–water partition coefficient (Wildman–Crippen LogP) is 3.44. The van der Waals surface area contributed by atoms with Gasteiger partial charge in [-0.15, -0.1) is 5.10 Å². The number of carbonyl (C=O) groups is 1. The fourth-order valence-corrected chi connectivity index (χ4v) is 5.46. The first kappa shape index (κ1) is 26.4. The number of methoxy groups -OCH3 is 2. The Morgan fingerprint density at radius 3 is 2.62 bits per heavy atom. The molecule has 3 aliphatic rings. The maximum absolute atomic E-state index is 12.1. The Morgan fingerprint density at radius 2 is 1.95 bits per heavy atom. The SMILES string of the molecule is COC(=O)Nc1cc(Nc2nc(NC3CC3)c3ncc(C#N)n3n2)c(Cl)c(N2CC(N3CCC(OC)CC3)C2)c1. The van der Waals surface area contributed by atoms with Crippen LogP contribution in [0.1, 0.15) is 31.4 Å². The van der Waals surface area contributed by atoms with Gasteiger partial charge in [0.15, 0.2) is 17.2 Å². The van der Waals surface area contributed by atoms with Crippen molar-refractivity contribution in [3.63, 3.8) is 0 Å². The van der Waals surface area contributed by atoms with Gasteiger partial charge in [0.1, 0.15) is 6.07 Å². The molecular formula is C26H31ClN10O3. The number of ether oxygens (including phenoxy) is 2. The molecule has 0 atom stereocenters. The topological polar surface area (TPSA) is 145 Å². The van der Waals surface area contributed by atoms with E-state index in [4.69, 9.17) is 21.1 Å². The second-order valence-electron chi connectivity index (χ2n) is 10.3. The van der Waals surface area contributed by atoms with Crippen LogP contribution in [-0.4, -0.2) is 89.2 Å². The van der Waals surface area contributed by atoms with Crippen LogP contribution in [0.5, 0.6) is 0 Å². The van der Waals surface area contributed by atoms with Gasteiger partial charge in [0.2, 0.25) is 5.95 Å². The first-order chi connectivity index (χ1) is 19.4. The molecule has 2 saturated heterocycles. The van der Waals surface area contributed by atoms with Crippen LogP contribution >= 0.6 is 11.6 Å². The number of nitriles is 1. The molecule has 210 valence electrons. The second kappa shape index (κ2) is 11.0. The van der Waals surface area contributed by atoms with Crippen LogP contribution in [0.2, 0.25) is 5.02 Å². The highest BCUT2D eigenvalue weighted by molar-refractivity contribution is 6.36. The molecule has 6 rings (SSSR count). The zero-order valence-corrected chi connectivity index (χ0v) is 23.1. The number of likely N-dealkylation sites (tertiary alicyclic amines) is 1. The van der Waals surface area contributed by atoms with Crippen molar-refractivity contribution in [2.24, 2.45) is 0 Å². The highest BCUT2D eigenvalue weighted by Crippen LogP contribution is 2.40. The zero-order valence-electron chi connectivity index (χ0n) is 22.4. The quantitative estimate of drug-likeness (QED) is 0.368. The first-order valence-corrected chi connectivity index (χ1v) is 13.7. The number of piperidine rings is 1. The second-order valence-corrected chi connectivity index (χ2v) is 10.7. The van der Waals surface area contributed by atoms with Crippen molar-refractivity contribution in [2.45, 2.75) is 43.9 Å². The largest absolute Gasteiger partial charge is 0.453 e. The molecule has 0 spiro atoms.